The lowest BCUT2D eigenvalue weighted by molar-refractivity contribution is -0.137. The first-order valence-electron chi connectivity index (χ1n) is 9.33. The fourth-order valence-corrected chi connectivity index (χ4v) is 3.04. The largest absolute Gasteiger partial charge is 0.421 e. The molecule has 0 saturated carbocycles. The molecule has 3 heterocycles. The van der Waals surface area contributed by atoms with Gasteiger partial charge in [0.1, 0.15) is 29.0 Å². The van der Waals surface area contributed by atoms with E-state index in [1.807, 2.05) is 0 Å². The average Bonchev–Trinajstić information content (AvgIpc) is 3.20. The lowest BCUT2D eigenvalue weighted by Crippen LogP contribution is -2.37. The molecular formula is C18H18F4N8O. The number of alkyl halides is 3. The van der Waals surface area contributed by atoms with E-state index in [1.165, 1.54) is 12.1 Å². The molecule has 2 aromatic heterocycles. The van der Waals surface area contributed by atoms with Crippen molar-refractivity contribution in [1.29, 1.82) is 0 Å². The Kier molecular flexibility index (Phi) is 5.84. The molecule has 0 spiro atoms. The number of benzene rings is 1. The molecule has 4 rings (SSSR count). The number of fused-ring (bicyclic) bond motifs is 1. The second-order valence-electron chi connectivity index (χ2n) is 6.59. The van der Waals surface area contributed by atoms with Gasteiger partial charge in [0.05, 0.1) is 25.3 Å². The summed E-state index contributed by atoms with van der Waals surface area (Å²) in [7, 11) is 0. The molecular weight excluding hydrogens is 420 g/mol. The number of rotatable bonds is 4. The SMILES string of the molecule is Fc1cccc2[nH]c(CNc3nc(N4CCOCC4)ncn[nH]cc3C(F)(F)F)nc12. The third kappa shape index (κ3) is 4.82. The Bertz CT molecular complexity index is 1110. The van der Waals surface area contributed by atoms with Gasteiger partial charge in [0.2, 0.25) is 5.95 Å². The highest BCUT2D eigenvalue weighted by molar-refractivity contribution is 5.75. The van der Waals surface area contributed by atoms with Crippen LogP contribution in [0.3, 0.4) is 0 Å². The molecule has 3 aromatic rings. The van der Waals surface area contributed by atoms with Crippen molar-refractivity contribution < 1.29 is 22.3 Å². The molecule has 3 N–H and O–H groups in total. The number of hydrogen-bond donors (Lipinski definition) is 3. The van der Waals surface area contributed by atoms with E-state index in [4.69, 9.17) is 4.74 Å². The quantitative estimate of drug-likeness (QED) is 0.538. The predicted molar refractivity (Wildman–Crippen MR) is 103 cm³/mol. The first-order chi connectivity index (χ1) is 14.9. The summed E-state index contributed by atoms with van der Waals surface area (Å²) in [6, 6.07) is 4.39. The minimum absolute atomic E-state index is 0.0593. The number of nitrogens with zero attached hydrogens (tertiary/aromatic N) is 5. The van der Waals surface area contributed by atoms with Crippen LogP contribution in [0.4, 0.5) is 29.3 Å². The molecule has 0 amide bonds. The summed E-state index contributed by atoms with van der Waals surface area (Å²) in [5.74, 6) is -0.697. The molecule has 0 radical (unpaired) electrons. The van der Waals surface area contributed by atoms with Gasteiger partial charge in [0.25, 0.3) is 0 Å². The molecule has 0 atom stereocenters. The van der Waals surface area contributed by atoms with Gasteiger partial charge < -0.3 is 19.9 Å². The Morgan fingerprint density at radius 1 is 1.16 bits per heavy atom. The van der Waals surface area contributed by atoms with Gasteiger partial charge in [-0.25, -0.2) is 9.37 Å². The van der Waals surface area contributed by atoms with Crippen LogP contribution in [0.1, 0.15) is 11.4 Å². The number of nitrogens with one attached hydrogen (secondary N) is 3. The van der Waals surface area contributed by atoms with Gasteiger partial charge in [-0.2, -0.15) is 28.2 Å². The van der Waals surface area contributed by atoms with Crippen molar-refractivity contribution in [2.75, 3.05) is 36.5 Å². The molecule has 1 fully saturated rings. The highest BCUT2D eigenvalue weighted by Crippen LogP contribution is 2.33. The molecule has 1 aliphatic rings. The van der Waals surface area contributed by atoms with E-state index in [0.717, 1.165) is 6.33 Å². The van der Waals surface area contributed by atoms with Crippen LogP contribution < -0.4 is 10.2 Å². The normalized spacial score (nSPS) is 14.5. The van der Waals surface area contributed by atoms with Gasteiger partial charge in [0.15, 0.2) is 5.82 Å². The Hall–Kier alpha value is -3.48. The highest BCUT2D eigenvalue weighted by atomic mass is 19.4. The number of anilines is 2. The van der Waals surface area contributed by atoms with Crippen LogP contribution in [0.2, 0.25) is 0 Å². The molecule has 31 heavy (non-hydrogen) atoms. The molecule has 13 heteroatoms. The van der Waals surface area contributed by atoms with Crippen molar-refractivity contribution in [3.8, 4) is 0 Å². The van der Waals surface area contributed by atoms with E-state index < -0.39 is 23.4 Å². The van der Waals surface area contributed by atoms with Crippen LogP contribution in [0.25, 0.3) is 11.0 Å². The summed E-state index contributed by atoms with van der Waals surface area (Å²) in [6.45, 7) is 1.49. The van der Waals surface area contributed by atoms with Gasteiger partial charge in [-0.3, -0.25) is 5.10 Å². The zero-order valence-corrected chi connectivity index (χ0v) is 16.1. The summed E-state index contributed by atoms with van der Waals surface area (Å²) < 4.78 is 60.3. The zero-order valence-electron chi connectivity index (χ0n) is 16.1. The molecule has 9 nitrogen and oxygen atoms in total. The first-order valence-corrected chi connectivity index (χ1v) is 9.33. The zero-order chi connectivity index (χ0) is 21.8. The van der Waals surface area contributed by atoms with E-state index >= 15 is 0 Å². The lowest BCUT2D eigenvalue weighted by Gasteiger charge is -2.26. The average molecular weight is 438 g/mol. The molecule has 0 bridgehead atoms. The van der Waals surface area contributed by atoms with E-state index in [-0.39, 0.29) is 23.8 Å². The number of morpholine rings is 1. The third-order valence-corrected chi connectivity index (χ3v) is 4.52. The van der Waals surface area contributed by atoms with Crippen molar-refractivity contribution >= 4 is 22.8 Å². The maximum Gasteiger partial charge on any atom is 0.421 e. The van der Waals surface area contributed by atoms with Crippen LogP contribution in [-0.2, 0) is 17.5 Å². The fourth-order valence-electron chi connectivity index (χ4n) is 3.04. The van der Waals surface area contributed by atoms with Crippen LogP contribution in [-0.4, -0.2) is 56.4 Å². The van der Waals surface area contributed by atoms with Gasteiger partial charge in [-0.15, -0.1) is 0 Å². The van der Waals surface area contributed by atoms with Crippen molar-refractivity contribution in [2.24, 2.45) is 0 Å². The van der Waals surface area contributed by atoms with Gasteiger partial charge in [-0.05, 0) is 12.1 Å². The minimum atomic E-state index is -4.73. The fraction of sp³-hybridized carbons (Fsp3) is 0.333. The molecule has 0 unspecified atom stereocenters. The molecule has 164 valence electrons. The third-order valence-electron chi connectivity index (χ3n) is 4.52. The Labute approximate surface area is 173 Å². The van der Waals surface area contributed by atoms with Gasteiger partial charge in [-0.1, -0.05) is 6.07 Å². The Balaban J connectivity index is 1.73. The van der Waals surface area contributed by atoms with Crippen LogP contribution in [0, 0.1) is 5.82 Å². The summed E-state index contributed by atoms with van der Waals surface area (Å²) >= 11 is 0. The number of H-pyrrole nitrogens is 2. The second-order valence-corrected chi connectivity index (χ2v) is 6.59. The van der Waals surface area contributed by atoms with Gasteiger partial charge in [0, 0.05) is 19.3 Å². The second kappa shape index (κ2) is 8.71. The number of imidazole rings is 1. The molecule has 0 aliphatic carbocycles. The standard InChI is InChI=1S/C18H18F4N8O/c19-12-2-1-3-13-15(12)28-14(27-13)9-23-16-11(18(20,21)22)8-25-26-10-24-17(29-16)30-4-6-31-7-5-30/h1-3,8,10,25H,4-7,9H2,(H,27,28)(H,23,24,26,29). The smallest absolute Gasteiger partial charge is 0.378 e. The number of para-hydroxylation sites is 1. The van der Waals surface area contributed by atoms with E-state index in [9.17, 15) is 17.6 Å². The van der Waals surface area contributed by atoms with E-state index in [2.05, 4.69) is 35.5 Å². The van der Waals surface area contributed by atoms with Crippen molar-refractivity contribution in [3.05, 3.63) is 47.9 Å². The van der Waals surface area contributed by atoms with E-state index in [1.54, 1.807) is 11.0 Å². The monoisotopic (exact) mass is 438 g/mol. The van der Waals surface area contributed by atoms with E-state index in [0.29, 0.717) is 38.0 Å². The summed E-state index contributed by atoms with van der Waals surface area (Å²) in [5.41, 5.74) is -0.534. The Morgan fingerprint density at radius 2 is 1.97 bits per heavy atom. The van der Waals surface area contributed by atoms with Crippen LogP contribution in [0.5, 0.6) is 0 Å². The summed E-state index contributed by atoms with van der Waals surface area (Å²) in [5, 5.41) is 8.49. The van der Waals surface area contributed by atoms with Crippen molar-refractivity contribution in [1.82, 2.24) is 30.1 Å². The molecule has 1 aliphatic heterocycles. The number of aromatic nitrogens is 6. The minimum Gasteiger partial charge on any atom is -0.378 e. The Morgan fingerprint density at radius 3 is 2.71 bits per heavy atom. The predicted octanol–water partition coefficient (Wildman–Crippen LogP) is 2.81. The number of aromatic amines is 2. The van der Waals surface area contributed by atoms with Crippen LogP contribution >= 0.6 is 0 Å². The topological polar surface area (TPSA) is 108 Å². The lowest BCUT2D eigenvalue weighted by atomic mass is 10.3. The first kappa shape index (κ1) is 20.8. The highest BCUT2D eigenvalue weighted by Gasteiger charge is 2.34. The van der Waals surface area contributed by atoms with Crippen molar-refractivity contribution in [3.63, 3.8) is 0 Å². The molecule has 1 saturated heterocycles. The summed E-state index contributed by atoms with van der Waals surface area (Å²) in [4.78, 5) is 16.9. The summed E-state index contributed by atoms with van der Waals surface area (Å²) in [6.07, 6.45) is -2.95. The van der Waals surface area contributed by atoms with Gasteiger partial charge >= 0.3 is 6.18 Å². The van der Waals surface area contributed by atoms with Crippen LogP contribution in [0.15, 0.2) is 30.7 Å². The number of halogens is 4. The molecule has 1 aromatic carbocycles. The maximum absolute atomic E-state index is 13.9. The van der Waals surface area contributed by atoms with Crippen molar-refractivity contribution in [2.45, 2.75) is 12.7 Å². The number of hydrogen-bond acceptors (Lipinski definition) is 7. The number of ether oxygens (including phenoxy) is 1. The maximum atomic E-state index is 13.9.